The maximum Gasteiger partial charge on any atom is 0.414 e. The molecule has 0 aromatic heterocycles. The van der Waals surface area contributed by atoms with Gasteiger partial charge in [-0.1, -0.05) is 60.7 Å². The van der Waals surface area contributed by atoms with Crippen molar-refractivity contribution < 1.29 is 9.53 Å². The second kappa shape index (κ2) is 5.83. The molecule has 1 amide bonds. The smallest absolute Gasteiger partial charge is 0.414 e. The summed E-state index contributed by atoms with van der Waals surface area (Å²) in [6, 6.07) is 19.9. The largest absolute Gasteiger partial charge is 0.447 e. The van der Waals surface area contributed by atoms with Gasteiger partial charge in [0.25, 0.3) is 0 Å². The Bertz CT molecular complexity index is 649. The van der Waals surface area contributed by atoms with Crippen molar-refractivity contribution in [3.05, 3.63) is 78.0 Å². The van der Waals surface area contributed by atoms with Crippen LogP contribution in [0.1, 0.15) is 24.1 Å². The van der Waals surface area contributed by atoms with Gasteiger partial charge < -0.3 is 4.74 Å². The molecule has 2 aromatic rings. The first-order valence-corrected chi connectivity index (χ1v) is 6.99. The second-order valence-corrected chi connectivity index (χ2v) is 5.09. The van der Waals surface area contributed by atoms with E-state index in [-0.39, 0.29) is 12.1 Å². The third kappa shape index (κ3) is 2.82. The van der Waals surface area contributed by atoms with E-state index in [1.54, 1.807) is 4.90 Å². The number of hydrogen-bond acceptors (Lipinski definition) is 2. The van der Waals surface area contributed by atoms with Crippen LogP contribution in [0.4, 0.5) is 4.79 Å². The van der Waals surface area contributed by atoms with E-state index in [9.17, 15) is 4.79 Å². The highest BCUT2D eigenvalue weighted by atomic mass is 16.6. The highest BCUT2D eigenvalue weighted by Crippen LogP contribution is 2.29. The lowest BCUT2D eigenvalue weighted by Crippen LogP contribution is -2.22. The van der Waals surface area contributed by atoms with Crippen LogP contribution in [0, 0.1) is 0 Å². The Balaban J connectivity index is 1.90. The van der Waals surface area contributed by atoms with Gasteiger partial charge in [-0.05, 0) is 23.6 Å². The molecule has 3 nitrogen and oxygen atoms in total. The molecule has 21 heavy (non-hydrogen) atoms. The van der Waals surface area contributed by atoms with Crippen molar-refractivity contribution >= 4 is 11.7 Å². The Labute approximate surface area is 124 Å². The van der Waals surface area contributed by atoms with E-state index >= 15 is 0 Å². The van der Waals surface area contributed by atoms with Gasteiger partial charge in [0.05, 0.1) is 6.04 Å². The maximum atomic E-state index is 12.0. The molecule has 0 radical (unpaired) electrons. The SMILES string of the molecule is C/C(=C/N1C(=O)OC[C@H]1c1ccccc1)c1ccccc1. The Morgan fingerprint density at radius 3 is 2.38 bits per heavy atom. The van der Waals surface area contributed by atoms with Crippen molar-refractivity contribution in [2.24, 2.45) is 0 Å². The molecule has 1 aliphatic heterocycles. The number of nitrogens with zero attached hydrogens (tertiary/aromatic N) is 1. The molecule has 1 heterocycles. The summed E-state index contributed by atoms with van der Waals surface area (Å²) in [5.74, 6) is 0. The van der Waals surface area contributed by atoms with Crippen LogP contribution in [0.5, 0.6) is 0 Å². The lowest BCUT2D eigenvalue weighted by Gasteiger charge is -2.19. The van der Waals surface area contributed by atoms with Gasteiger partial charge in [-0.15, -0.1) is 0 Å². The summed E-state index contributed by atoms with van der Waals surface area (Å²) in [7, 11) is 0. The van der Waals surface area contributed by atoms with Gasteiger partial charge in [-0.25, -0.2) is 4.79 Å². The molecule has 0 saturated carbocycles. The van der Waals surface area contributed by atoms with Gasteiger partial charge in [-0.2, -0.15) is 0 Å². The van der Waals surface area contributed by atoms with Crippen LogP contribution in [0.2, 0.25) is 0 Å². The first-order valence-electron chi connectivity index (χ1n) is 6.99. The lowest BCUT2D eigenvalue weighted by molar-refractivity contribution is 0.166. The zero-order valence-electron chi connectivity index (χ0n) is 11.9. The van der Waals surface area contributed by atoms with Crippen LogP contribution in [0.15, 0.2) is 66.9 Å². The molecule has 0 spiro atoms. The van der Waals surface area contributed by atoms with Crippen LogP contribution >= 0.6 is 0 Å². The van der Waals surface area contributed by atoms with Gasteiger partial charge in [0.1, 0.15) is 6.61 Å². The summed E-state index contributed by atoms with van der Waals surface area (Å²) in [4.78, 5) is 13.7. The van der Waals surface area contributed by atoms with Crippen LogP contribution in [-0.4, -0.2) is 17.6 Å². The van der Waals surface area contributed by atoms with E-state index in [1.807, 2.05) is 73.8 Å². The molecule has 1 fully saturated rings. The molecule has 2 aromatic carbocycles. The Morgan fingerprint density at radius 1 is 1.10 bits per heavy atom. The van der Waals surface area contributed by atoms with E-state index in [2.05, 4.69) is 0 Å². The first-order chi connectivity index (χ1) is 10.3. The molecule has 0 aliphatic carbocycles. The highest BCUT2D eigenvalue weighted by molar-refractivity contribution is 5.75. The zero-order valence-corrected chi connectivity index (χ0v) is 11.9. The topological polar surface area (TPSA) is 29.5 Å². The fourth-order valence-electron chi connectivity index (χ4n) is 2.49. The summed E-state index contributed by atoms with van der Waals surface area (Å²) in [5, 5.41) is 0. The zero-order chi connectivity index (χ0) is 14.7. The van der Waals surface area contributed by atoms with E-state index in [0.717, 1.165) is 16.7 Å². The van der Waals surface area contributed by atoms with Gasteiger partial charge in [0.2, 0.25) is 0 Å². The summed E-state index contributed by atoms with van der Waals surface area (Å²) in [6.07, 6.45) is 1.58. The van der Waals surface area contributed by atoms with Crippen molar-refractivity contribution in [2.75, 3.05) is 6.61 Å². The summed E-state index contributed by atoms with van der Waals surface area (Å²) < 4.78 is 5.21. The fourth-order valence-corrected chi connectivity index (χ4v) is 2.49. The third-order valence-corrected chi connectivity index (χ3v) is 3.66. The van der Waals surface area contributed by atoms with Crippen molar-refractivity contribution in [1.82, 2.24) is 4.90 Å². The van der Waals surface area contributed by atoms with Crippen LogP contribution < -0.4 is 0 Å². The average Bonchev–Trinajstić information content (AvgIpc) is 2.90. The number of carbonyl (C=O) groups excluding carboxylic acids is 1. The Morgan fingerprint density at radius 2 is 1.71 bits per heavy atom. The van der Waals surface area contributed by atoms with Crippen LogP contribution in [-0.2, 0) is 4.74 Å². The molecular formula is C18H17NO2. The van der Waals surface area contributed by atoms with Crippen molar-refractivity contribution in [3.8, 4) is 0 Å². The number of cyclic esters (lactones) is 1. The quantitative estimate of drug-likeness (QED) is 0.841. The molecule has 0 N–H and O–H groups in total. The van der Waals surface area contributed by atoms with Crippen molar-refractivity contribution in [2.45, 2.75) is 13.0 Å². The van der Waals surface area contributed by atoms with Gasteiger partial charge in [0, 0.05) is 6.20 Å². The minimum Gasteiger partial charge on any atom is -0.447 e. The number of allylic oxidation sites excluding steroid dienone is 1. The molecule has 106 valence electrons. The van der Waals surface area contributed by atoms with Crippen molar-refractivity contribution in [3.63, 3.8) is 0 Å². The standard InChI is InChI=1S/C18H17NO2/c1-14(15-8-4-2-5-9-15)12-19-17(13-21-18(19)20)16-10-6-3-7-11-16/h2-12,17H,13H2,1H3/b14-12-/t17-/m0/s1. The molecule has 0 bridgehead atoms. The predicted octanol–water partition coefficient (Wildman–Crippen LogP) is 4.24. The molecule has 3 heteroatoms. The normalized spacial score (nSPS) is 18.7. The molecule has 3 rings (SSSR count). The molecule has 1 atom stereocenters. The predicted molar refractivity (Wildman–Crippen MR) is 82.5 cm³/mol. The molecule has 1 saturated heterocycles. The van der Waals surface area contributed by atoms with Gasteiger partial charge >= 0.3 is 6.09 Å². The number of benzene rings is 2. The fraction of sp³-hybridized carbons (Fsp3) is 0.167. The van der Waals surface area contributed by atoms with Crippen LogP contribution in [0.25, 0.3) is 5.57 Å². The second-order valence-electron chi connectivity index (χ2n) is 5.09. The molecular weight excluding hydrogens is 262 g/mol. The minimum atomic E-state index is -0.292. The summed E-state index contributed by atoms with van der Waals surface area (Å²) >= 11 is 0. The number of rotatable bonds is 3. The average molecular weight is 279 g/mol. The first kappa shape index (κ1) is 13.4. The van der Waals surface area contributed by atoms with Crippen molar-refractivity contribution in [1.29, 1.82) is 0 Å². The van der Waals surface area contributed by atoms with Gasteiger partial charge in [-0.3, -0.25) is 4.90 Å². The summed E-state index contributed by atoms with van der Waals surface area (Å²) in [5.41, 5.74) is 3.22. The summed E-state index contributed by atoms with van der Waals surface area (Å²) in [6.45, 7) is 2.39. The van der Waals surface area contributed by atoms with E-state index in [1.165, 1.54) is 0 Å². The minimum absolute atomic E-state index is 0.0580. The Kier molecular flexibility index (Phi) is 3.73. The number of amides is 1. The number of hydrogen-bond donors (Lipinski definition) is 0. The maximum absolute atomic E-state index is 12.0. The number of ether oxygens (including phenoxy) is 1. The van der Waals surface area contributed by atoms with E-state index < -0.39 is 0 Å². The highest BCUT2D eigenvalue weighted by Gasteiger charge is 2.32. The van der Waals surface area contributed by atoms with Crippen LogP contribution in [0.3, 0.4) is 0 Å². The monoisotopic (exact) mass is 279 g/mol. The lowest BCUT2D eigenvalue weighted by atomic mass is 10.1. The number of carbonyl (C=O) groups is 1. The molecule has 0 unspecified atom stereocenters. The third-order valence-electron chi connectivity index (χ3n) is 3.66. The van der Waals surface area contributed by atoms with Gasteiger partial charge in [0.15, 0.2) is 0 Å². The van der Waals surface area contributed by atoms with E-state index in [0.29, 0.717) is 6.61 Å². The molecule has 1 aliphatic rings. The Hall–Kier alpha value is -2.55. The van der Waals surface area contributed by atoms with E-state index in [4.69, 9.17) is 4.74 Å².